The van der Waals surface area contributed by atoms with Gasteiger partial charge in [0.25, 0.3) is 0 Å². The van der Waals surface area contributed by atoms with Crippen molar-refractivity contribution in [3.8, 4) is 0 Å². The summed E-state index contributed by atoms with van der Waals surface area (Å²) < 4.78 is 0. The van der Waals surface area contributed by atoms with E-state index in [0.717, 1.165) is 19.0 Å². The normalized spacial score (nSPS) is 24.4. The van der Waals surface area contributed by atoms with Crippen molar-refractivity contribution in [3.63, 3.8) is 0 Å². The molecule has 0 radical (unpaired) electrons. The van der Waals surface area contributed by atoms with Crippen LogP contribution < -0.4 is 10.6 Å². The van der Waals surface area contributed by atoms with E-state index in [1.165, 1.54) is 51.4 Å². The largest absolute Gasteiger partial charge is 0.357 e. The highest BCUT2D eigenvalue weighted by molar-refractivity contribution is 5.80. The second-order valence-electron chi connectivity index (χ2n) is 6.34. The standard InChI is InChI=1S/C15H29N3/c1-3-16-14(18-13-8-4-5-9-13)17-12-15(2)10-6-7-11-15/h13H,3-12H2,1-2H3,(H2,16,17,18). The lowest BCUT2D eigenvalue weighted by molar-refractivity contribution is 0.350. The van der Waals surface area contributed by atoms with Crippen LogP contribution in [0, 0.1) is 5.41 Å². The minimum Gasteiger partial charge on any atom is -0.357 e. The highest BCUT2D eigenvalue weighted by Gasteiger charge is 2.28. The van der Waals surface area contributed by atoms with Crippen molar-refractivity contribution in [2.75, 3.05) is 13.1 Å². The molecule has 2 N–H and O–H groups in total. The Morgan fingerprint density at radius 1 is 1.17 bits per heavy atom. The van der Waals surface area contributed by atoms with Gasteiger partial charge in [-0.05, 0) is 38.0 Å². The third-order valence-corrected chi connectivity index (χ3v) is 4.47. The van der Waals surface area contributed by atoms with E-state index in [1.54, 1.807) is 0 Å². The molecule has 2 aliphatic rings. The van der Waals surface area contributed by atoms with Crippen LogP contribution in [0.5, 0.6) is 0 Å². The molecule has 0 unspecified atom stereocenters. The van der Waals surface area contributed by atoms with Crippen LogP contribution in [-0.2, 0) is 0 Å². The molecular weight excluding hydrogens is 222 g/mol. The summed E-state index contributed by atoms with van der Waals surface area (Å²) in [6.07, 6.45) is 10.8. The number of rotatable bonds is 4. The topological polar surface area (TPSA) is 36.4 Å². The van der Waals surface area contributed by atoms with Crippen LogP contribution in [0.15, 0.2) is 4.99 Å². The SMILES string of the molecule is CCNC(=NCC1(C)CCCC1)NC1CCCC1. The third-order valence-electron chi connectivity index (χ3n) is 4.47. The Bertz CT molecular complexity index is 273. The average molecular weight is 251 g/mol. The van der Waals surface area contributed by atoms with E-state index >= 15 is 0 Å². The maximum atomic E-state index is 4.83. The maximum absolute atomic E-state index is 4.83. The molecule has 0 aromatic heterocycles. The molecule has 0 amide bonds. The zero-order valence-electron chi connectivity index (χ0n) is 12.1. The first-order valence-corrected chi connectivity index (χ1v) is 7.77. The van der Waals surface area contributed by atoms with Crippen molar-refractivity contribution in [3.05, 3.63) is 0 Å². The van der Waals surface area contributed by atoms with E-state index in [1.807, 2.05) is 0 Å². The Hall–Kier alpha value is -0.730. The Morgan fingerprint density at radius 2 is 1.83 bits per heavy atom. The predicted octanol–water partition coefficient (Wildman–Crippen LogP) is 3.06. The maximum Gasteiger partial charge on any atom is 0.191 e. The van der Waals surface area contributed by atoms with Crippen molar-refractivity contribution >= 4 is 5.96 Å². The average Bonchev–Trinajstić information content (AvgIpc) is 2.99. The van der Waals surface area contributed by atoms with E-state index in [9.17, 15) is 0 Å². The Labute approximate surface area is 112 Å². The molecule has 2 rings (SSSR count). The summed E-state index contributed by atoms with van der Waals surface area (Å²) in [7, 11) is 0. The second kappa shape index (κ2) is 6.44. The van der Waals surface area contributed by atoms with Gasteiger partial charge in [-0.25, -0.2) is 0 Å². The number of hydrogen-bond donors (Lipinski definition) is 2. The molecular formula is C15H29N3. The zero-order valence-corrected chi connectivity index (χ0v) is 12.1. The molecule has 2 aliphatic carbocycles. The molecule has 0 spiro atoms. The van der Waals surface area contributed by atoms with Gasteiger partial charge in [0, 0.05) is 19.1 Å². The first kappa shape index (κ1) is 13.7. The van der Waals surface area contributed by atoms with Crippen molar-refractivity contribution in [1.29, 1.82) is 0 Å². The van der Waals surface area contributed by atoms with E-state index in [4.69, 9.17) is 4.99 Å². The van der Waals surface area contributed by atoms with Gasteiger partial charge in [-0.2, -0.15) is 0 Å². The lowest BCUT2D eigenvalue weighted by Gasteiger charge is -2.23. The minimum absolute atomic E-state index is 0.456. The number of hydrogen-bond acceptors (Lipinski definition) is 1. The lowest BCUT2D eigenvalue weighted by Crippen LogP contribution is -2.42. The third kappa shape index (κ3) is 3.89. The first-order valence-electron chi connectivity index (χ1n) is 7.77. The summed E-state index contributed by atoms with van der Waals surface area (Å²) in [5.41, 5.74) is 0.456. The molecule has 3 nitrogen and oxygen atoms in total. The van der Waals surface area contributed by atoms with Crippen LogP contribution in [-0.4, -0.2) is 25.1 Å². The van der Waals surface area contributed by atoms with Crippen LogP contribution in [0.2, 0.25) is 0 Å². The summed E-state index contributed by atoms with van der Waals surface area (Å²) >= 11 is 0. The van der Waals surface area contributed by atoms with Crippen molar-refractivity contribution in [2.45, 2.75) is 71.3 Å². The quantitative estimate of drug-likeness (QED) is 0.595. The van der Waals surface area contributed by atoms with Crippen molar-refractivity contribution < 1.29 is 0 Å². The van der Waals surface area contributed by atoms with Crippen LogP contribution >= 0.6 is 0 Å². The summed E-state index contributed by atoms with van der Waals surface area (Å²) in [4.78, 5) is 4.83. The molecule has 0 saturated heterocycles. The fourth-order valence-corrected chi connectivity index (χ4v) is 3.24. The van der Waals surface area contributed by atoms with Crippen LogP contribution in [0.4, 0.5) is 0 Å². The molecule has 0 aromatic rings. The first-order chi connectivity index (χ1) is 8.72. The van der Waals surface area contributed by atoms with Crippen LogP contribution in [0.1, 0.15) is 65.2 Å². The van der Waals surface area contributed by atoms with Gasteiger partial charge in [-0.1, -0.05) is 32.6 Å². The molecule has 3 heteroatoms. The minimum atomic E-state index is 0.456. The van der Waals surface area contributed by atoms with Crippen molar-refractivity contribution in [1.82, 2.24) is 10.6 Å². The number of guanidine groups is 1. The smallest absolute Gasteiger partial charge is 0.191 e. The summed E-state index contributed by atoms with van der Waals surface area (Å²) in [5, 5.41) is 6.99. The molecule has 0 aromatic carbocycles. The fraction of sp³-hybridized carbons (Fsp3) is 0.933. The van der Waals surface area contributed by atoms with Gasteiger partial charge in [0.05, 0.1) is 0 Å². The molecule has 0 bridgehead atoms. The summed E-state index contributed by atoms with van der Waals surface area (Å²) in [6, 6.07) is 0.652. The van der Waals surface area contributed by atoms with Crippen LogP contribution in [0.25, 0.3) is 0 Å². The Balaban J connectivity index is 1.86. The molecule has 0 heterocycles. The van der Waals surface area contributed by atoms with Gasteiger partial charge in [0.15, 0.2) is 5.96 Å². The van der Waals surface area contributed by atoms with E-state index in [2.05, 4.69) is 24.5 Å². The highest BCUT2D eigenvalue weighted by atomic mass is 15.2. The molecule has 104 valence electrons. The lowest BCUT2D eigenvalue weighted by atomic mass is 9.89. The van der Waals surface area contributed by atoms with Gasteiger partial charge < -0.3 is 10.6 Å². The van der Waals surface area contributed by atoms with Gasteiger partial charge in [0.2, 0.25) is 0 Å². The van der Waals surface area contributed by atoms with Gasteiger partial charge in [0.1, 0.15) is 0 Å². The van der Waals surface area contributed by atoms with E-state index in [-0.39, 0.29) is 0 Å². The fourth-order valence-electron chi connectivity index (χ4n) is 3.24. The molecule has 2 fully saturated rings. The predicted molar refractivity (Wildman–Crippen MR) is 77.9 cm³/mol. The molecule has 0 aliphatic heterocycles. The monoisotopic (exact) mass is 251 g/mol. The second-order valence-corrected chi connectivity index (χ2v) is 6.34. The summed E-state index contributed by atoms with van der Waals surface area (Å²) in [6.45, 7) is 6.47. The summed E-state index contributed by atoms with van der Waals surface area (Å²) in [5.74, 6) is 1.04. The Morgan fingerprint density at radius 3 is 2.44 bits per heavy atom. The number of aliphatic imine (C=N–C) groups is 1. The van der Waals surface area contributed by atoms with Crippen LogP contribution in [0.3, 0.4) is 0 Å². The Kier molecular flexibility index (Phi) is 4.90. The zero-order chi connectivity index (χ0) is 12.8. The van der Waals surface area contributed by atoms with Gasteiger partial charge >= 0.3 is 0 Å². The van der Waals surface area contributed by atoms with Crippen molar-refractivity contribution in [2.24, 2.45) is 10.4 Å². The van der Waals surface area contributed by atoms with E-state index in [0.29, 0.717) is 11.5 Å². The van der Waals surface area contributed by atoms with E-state index < -0.39 is 0 Å². The van der Waals surface area contributed by atoms with Gasteiger partial charge in [-0.3, -0.25) is 4.99 Å². The highest BCUT2D eigenvalue weighted by Crippen LogP contribution is 2.37. The van der Waals surface area contributed by atoms with Gasteiger partial charge in [-0.15, -0.1) is 0 Å². The number of nitrogens with one attached hydrogen (secondary N) is 2. The molecule has 0 atom stereocenters. The number of nitrogens with zero attached hydrogens (tertiary/aromatic N) is 1. The molecule has 2 saturated carbocycles. The molecule has 18 heavy (non-hydrogen) atoms.